The standard InChI is InChI=1S/C9H6F3N3O/c10-9(11,12)15-5-4-14(8(15)16)7-2-1-3-13-6-7/h1-6H. The second kappa shape index (κ2) is 3.51. The van der Waals surface area contributed by atoms with Crippen molar-refractivity contribution in [1.82, 2.24) is 14.1 Å². The summed E-state index contributed by atoms with van der Waals surface area (Å²) in [7, 11) is 0. The minimum Gasteiger partial charge on any atom is -0.266 e. The van der Waals surface area contributed by atoms with E-state index in [1.54, 1.807) is 0 Å². The molecule has 0 N–H and O–H groups in total. The molecule has 0 saturated carbocycles. The Kier molecular flexibility index (Phi) is 2.30. The lowest BCUT2D eigenvalue weighted by Gasteiger charge is -2.05. The molecule has 0 aromatic carbocycles. The fraction of sp³-hybridized carbons (Fsp3) is 0.111. The SMILES string of the molecule is O=c1n(-c2cccnc2)ccn1C(F)(F)F. The van der Waals surface area contributed by atoms with Gasteiger partial charge in [-0.1, -0.05) is 0 Å². The molecule has 0 spiro atoms. The van der Waals surface area contributed by atoms with Crippen molar-refractivity contribution < 1.29 is 13.2 Å². The Hall–Kier alpha value is -2.05. The van der Waals surface area contributed by atoms with Gasteiger partial charge in [0.1, 0.15) is 0 Å². The maximum absolute atomic E-state index is 12.3. The van der Waals surface area contributed by atoms with E-state index in [1.165, 1.54) is 24.5 Å². The van der Waals surface area contributed by atoms with Gasteiger partial charge in [-0.3, -0.25) is 9.55 Å². The fourth-order valence-corrected chi connectivity index (χ4v) is 1.26. The summed E-state index contributed by atoms with van der Waals surface area (Å²) in [5, 5.41) is 0. The first-order valence-electron chi connectivity index (χ1n) is 4.28. The number of imidazole rings is 1. The second-order valence-electron chi connectivity index (χ2n) is 3.00. The maximum Gasteiger partial charge on any atom is 0.492 e. The Morgan fingerprint density at radius 1 is 1.25 bits per heavy atom. The first-order chi connectivity index (χ1) is 7.50. The van der Waals surface area contributed by atoms with Crippen molar-refractivity contribution in [3.8, 4) is 5.69 Å². The van der Waals surface area contributed by atoms with Crippen LogP contribution >= 0.6 is 0 Å². The van der Waals surface area contributed by atoms with Gasteiger partial charge >= 0.3 is 12.0 Å². The molecule has 16 heavy (non-hydrogen) atoms. The number of pyridine rings is 1. The second-order valence-corrected chi connectivity index (χ2v) is 3.00. The summed E-state index contributed by atoms with van der Waals surface area (Å²) in [6.45, 7) is 0. The van der Waals surface area contributed by atoms with Crippen molar-refractivity contribution in [2.45, 2.75) is 6.30 Å². The summed E-state index contributed by atoms with van der Waals surface area (Å²) in [5.41, 5.74) is -0.879. The summed E-state index contributed by atoms with van der Waals surface area (Å²) < 4.78 is 37.5. The molecule has 7 heteroatoms. The van der Waals surface area contributed by atoms with Gasteiger partial charge in [0.2, 0.25) is 0 Å². The van der Waals surface area contributed by atoms with E-state index >= 15 is 0 Å². The van der Waals surface area contributed by atoms with Gasteiger partial charge in [0.25, 0.3) is 0 Å². The van der Waals surface area contributed by atoms with E-state index in [0.717, 1.165) is 10.8 Å². The van der Waals surface area contributed by atoms with Crippen LogP contribution in [0.2, 0.25) is 0 Å². The number of alkyl halides is 3. The highest BCUT2D eigenvalue weighted by Gasteiger charge is 2.33. The first kappa shape index (κ1) is 10.5. The van der Waals surface area contributed by atoms with E-state index in [-0.39, 0.29) is 10.3 Å². The third-order valence-corrected chi connectivity index (χ3v) is 1.97. The molecule has 0 atom stereocenters. The van der Waals surface area contributed by atoms with Gasteiger partial charge in [0.05, 0.1) is 11.9 Å². The van der Waals surface area contributed by atoms with Gasteiger partial charge in [0.15, 0.2) is 0 Å². The molecular formula is C9H6F3N3O. The zero-order valence-electron chi connectivity index (χ0n) is 7.85. The van der Waals surface area contributed by atoms with Crippen LogP contribution in [0, 0.1) is 0 Å². The topological polar surface area (TPSA) is 39.8 Å². The minimum atomic E-state index is -4.70. The number of hydrogen-bond acceptors (Lipinski definition) is 2. The van der Waals surface area contributed by atoms with E-state index < -0.39 is 12.0 Å². The smallest absolute Gasteiger partial charge is 0.266 e. The van der Waals surface area contributed by atoms with E-state index in [1.807, 2.05) is 0 Å². The Morgan fingerprint density at radius 3 is 2.50 bits per heavy atom. The monoisotopic (exact) mass is 229 g/mol. The van der Waals surface area contributed by atoms with E-state index in [2.05, 4.69) is 4.98 Å². The van der Waals surface area contributed by atoms with E-state index in [9.17, 15) is 18.0 Å². The van der Waals surface area contributed by atoms with Gasteiger partial charge in [-0.2, -0.15) is 0 Å². The van der Waals surface area contributed by atoms with Crippen LogP contribution in [0.3, 0.4) is 0 Å². The van der Waals surface area contributed by atoms with Crippen LogP contribution in [0.25, 0.3) is 5.69 Å². The number of nitrogens with zero attached hydrogens (tertiary/aromatic N) is 3. The third kappa shape index (κ3) is 1.71. The van der Waals surface area contributed by atoms with Crippen LogP contribution in [0.4, 0.5) is 13.2 Å². The molecule has 0 aliphatic carbocycles. The summed E-state index contributed by atoms with van der Waals surface area (Å²) >= 11 is 0. The zero-order chi connectivity index (χ0) is 11.8. The Balaban J connectivity index is 2.55. The average molecular weight is 229 g/mol. The van der Waals surface area contributed by atoms with Crippen molar-refractivity contribution in [3.63, 3.8) is 0 Å². The molecule has 0 bridgehead atoms. The lowest BCUT2D eigenvalue weighted by Crippen LogP contribution is -2.31. The highest BCUT2D eigenvalue weighted by molar-refractivity contribution is 5.27. The van der Waals surface area contributed by atoms with Crippen molar-refractivity contribution >= 4 is 0 Å². The summed E-state index contributed by atoms with van der Waals surface area (Å²) in [6.07, 6.45) is -0.204. The molecule has 0 amide bonds. The quantitative estimate of drug-likeness (QED) is 0.743. The fourth-order valence-electron chi connectivity index (χ4n) is 1.26. The lowest BCUT2D eigenvalue weighted by atomic mass is 10.4. The molecule has 2 heterocycles. The zero-order valence-corrected chi connectivity index (χ0v) is 7.85. The summed E-state index contributed by atoms with van der Waals surface area (Å²) in [6, 6.07) is 3.03. The van der Waals surface area contributed by atoms with Crippen LogP contribution in [0.1, 0.15) is 0 Å². The van der Waals surface area contributed by atoms with Gasteiger partial charge in [-0.25, -0.2) is 9.36 Å². The molecule has 0 aliphatic rings. The van der Waals surface area contributed by atoms with Gasteiger partial charge in [0, 0.05) is 18.6 Å². The Bertz CT molecular complexity index is 541. The largest absolute Gasteiger partial charge is 0.492 e. The average Bonchev–Trinajstić information content (AvgIpc) is 2.61. The van der Waals surface area contributed by atoms with Crippen LogP contribution in [-0.4, -0.2) is 14.1 Å². The van der Waals surface area contributed by atoms with E-state index in [4.69, 9.17) is 0 Å². The predicted octanol–water partition coefficient (Wildman–Crippen LogP) is 1.51. The maximum atomic E-state index is 12.3. The number of hydrogen-bond donors (Lipinski definition) is 0. The molecule has 2 aromatic rings. The van der Waals surface area contributed by atoms with Crippen LogP contribution in [-0.2, 0) is 6.30 Å². The predicted molar refractivity (Wildman–Crippen MR) is 49.1 cm³/mol. The first-order valence-corrected chi connectivity index (χ1v) is 4.28. The van der Waals surface area contributed by atoms with Crippen LogP contribution in [0.15, 0.2) is 41.7 Å². The molecule has 0 radical (unpaired) electrons. The molecule has 0 unspecified atom stereocenters. The summed E-state index contributed by atoms with van der Waals surface area (Å²) in [5.74, 6) is 0. The van der Waals surface area contributed by atoms with Crippen LogP contribution < -0.4 is 5.69 Å². The molecule has 2 aromatic heterocycles. The van der Waals surface area contributed by atoms with Crippen LogP contribution in [0.5, 0.6) is 0 Å². The molecule has 0 fully saturated rings. The third-order valence-electron chi connectivity index (χ3n) is 1.97. The van der Waals surface area contributed by atoms with Crippen molar-refractivity contribution in [2.75, 3.05) is 0 Å². The minimum absolute atomic E-state index is 0.287. The van der Waals surface area contributed by atoms with Gasteiger partial charge < -0.3 is 0 Å². The molecular weight excluding hydrogens is 223 g/mol. The van der Waals surface area contributed by atoms with E-state index in [0.29, 0.717) is 6.20 Å². The number of rotatable bonds is 1. The molecule has 84 valence electrons. The molecule has 0 saturated heterocycles. The summed E-state index contributed by atoms with van der Waals surface area (Å²) in [4.78, 5) is 15.1. The molecule has 0 aliphatic heterocycles. The van der Waals surface area contributed by atoms with Crippen molar-refractivity contribution in [1.29, 1.82) is 0 Å². The Morgan fingerprint density at radius 2 is 2.00 bits per heavy atom. The highest BCUT2D eigenvalue weighted by atomic mass is 19.4. The number of aromatic nitrogens is 3. The molecule has 4 nitrogen and oxygen atoms in total. The highest BCUT2D eigenvalue weighted by Crippen LogP contribution is 2.19. The normalized spacial score (nSPS) is 11.7. The lowest BCUT2D eigenvalue weighted by molar-refractivity contribution is -0.206. The molecule has 2 rings (SSSR count). The van der Waals surface area contributed by atoms with Gasteiger partial charge in [-0.05, 0) is 12.1 Å². The van der Waals surface area contributed by atoms with Crippen molar-refractivity contribution in [2.24, 2.45) is 0 Å². The van der Waals surface area contributed by atoms with Crippen molar-refractivity contribution in [3.05, 3.63) is 47.4 Å². The number of halogens is 3. The Labute approximate surface area is 87.6 Å². The van der Waals surface area contributed by atoms with Gasteiger partial charge in [-0.15, -0.1) is 13.2 Å².